The molecule has 1 heterocycles. The summed E-state index contributed by atoms with van der Waals surface area (Å²) in [6.45, 7) is 3.60. The second-order valence-corrected chi connectivity index (χ2v) is 4.98. The third-order valence-electron chi connectivity index (χ3n) is 3.57. The summed E-state index contributed by atoms with van der Waals surface area (Å²) in [6.07, 6.45) is 1.83. The van der Waals surface area contributed by atoms with E-state index in [4.69, 9.17) is 5.73 Å². The number of aliphatic hydroxyl groups excluding tert-OH is 1. The zero-order valence-electron chi connectivity index (χ0n) is 10.7. The van der Waals surface area contributed by atoms with E-state index in [-0.39, 0.29) is 18.4 Å². The molecule has 4 nitrogen and oxygen atoms in total. The summed E-state index contributed by atoms with van der Waals surface area (Å²) in [7, 11) is 0. The smallest absolute Gasteiger partial charge is 0.222 e. The van der Waals surface area contributed by atoms with Gasteiger partial charge in [0, 0.05) is 24.3 Å². The third-order valence-corrected chi connectivity index (χ3v) is 3.57. The lowest BCUT2D eigenvalue weighted by atomic mass is 9.96. The predicted octanol–water partition coefficient (Wildman–Crippen LogP) is 1.19. The maximum atomic E-state index is 11.3. The number of aryl methyl sites for hydroxylation is 1. The number of carbonyl (C=O) groups excluding carboxylic acids is 1. The minimum absolute atomic E-state index is 0.0226. The lowest BCUT2D eigenvalue weighted by Gasteiger charge is -2.34. The summed E-state index contributed by atoms with van der Waals surface area (Å²) in [4.78, 5) is 13.4. The number of hydrogen-bond donors (Lipinski definition) is 2. The molecule has 1 aliphatic heterocycles. The van der Waals surface area contributed by atoms with Gasteiger partial charge < -0.3 is 15.7 Å². The number of primary amides is 1. The molecule has 4 heteroatoms. The van der Waals surface area contributed by atoms with Gasteiger partial charge in [0.25, 0.3) is 0 Å². The topological polar surface area (TPSA) is 66.6 Å². The number of nitrogens with two attached hydrogens (primary N) is 1. The van der Waals surface area contributed by atoms with Crippen LogP contribution in [-0.4, -0.2) is 24.1 Å². The molecule has 98 valence electrons. The summed E-state index contributed by atoms with van der Waals surface area (Å²) in [6, 6.07) is 6.04. The van der Waals surface area contributed by atoms with Crippen molar-refractivity contribution in [2.75, 3.05) is 18.0 Å². The highest BCUT2D eigenvalue weighted by atomic mass is 16.3. The first-order valence-corrected chi connectivity index (χ1v) is 6.36. The standard InChI is InChI=1S/C14H20N2O2/c1-10-4-5-13(12(7-10)9-17)16-6-2-3-11(8-16)14(15)18/h4-5,7,11,17H,2-3,6,8-9H2,1H3,(H2,15,18). The molecule has 1 saturated heterocycles. The number of benzene rings is 1. The Labute approximate surface area is 107 Å². The van der Waals surface area contributed by atoms with Crippen LogP contribution in [0.3, 0.4) is 0 Å². The maximum Gasteiger partial charge on any atom is 0.222 e. The van der Waals surface area contributed by atoms with Crippen LogP contribution in [0.25, 0.3) is 0 Å². The second kappa shape index (κ2) is 5.40. The van der Waals surface area contributed by atoms with Crippen LogP contribution in [-0.2, 0) is 11.4 Å². The number of nitrogens with zero attached hydrogens (tertiary/aromatic N) is 1. The van der Waals surface area contributed by atoms with Crippen molar-refractivity contribution in [1.82, 2.24) is 0 Å². The Bertz CT molecular complexity index is 445. The van der Waals surface area contributed by atoms with Crippen LogP contribution in [0.4, 0.5) is 5.69 Å². The lowest BCUT2D eigenvalue weighted by Crippen LogP contribution is -2.41. The molecular weight excluding hydrogens is 228 g/mol. The molecule has 1 amide bonds. The van der Waals surface area contributed by atoms with Gasteiger partial charge in [-0.25, -0.2) is 0 Å². The van der Waals surface area contributed by atoms with Crippen molar-refractivity contribution >= 4 is 11.6 Å². The Morgan fingerprint density at radius 3 is 3.00 bits per heavy atom. The number of hydrogen-bond acceptors (Lipinski definition) is 3. The van der Waals surface area contributed by atoms with Gasteiger partial charge in [-0.15, -0.1) is 0 Å². The molecule has 0 bridgehead atoms. The summed E-state index contributed by atoms with van der Waals surface area (Å²) < 4.78 is 0. The van der Waals surface area contributed by atoms with E-state index in [9.17, 15) is 9.90 Å². The van der Waals surface area contributed by atoms with Crippen molar-refractivity contribution in [2.45, 2.75) is 26.4 Å². The van der Waals surface area contributed by atoms with Crippen molar-refractivity contribution in [3.8, 4) is 0 Å². The molecule has 0 aliphatic carbocycles. The molecule has 18 heavy (non-hydrogen) atoms. The number of amides is 1. The van der Waals surface area contributed by atoms with Gasteiger partial charge in [-0.05, 0) is 25.8 Å². The van der Waals surface area contributed by atoms with E-state index >= 15 is 0 Å². The average molecular weight is 248 g/mol. The summed E-state index contributed by atoms with van der Waals surface area (Å²) in [5.74, 6) is -0.302. The van der Waals surface area contributed by atoms with Crippen LogP contribution in [0.2, 0.25) is 0 Å². The van der Waals surface area contributed by atoms with Gasteiger partial charge in [0.15, 0.2) is 0 Å². The van der Waals surface area contributed by atoms with E-state index in [0.717, 1.165) is 36.2 Å². The van der Waals surface area contributed by atoms with Crippen molar-refractivity contribution < 1.29 is 9.90 Å². The largest absolute Gasteiger partial charge is 0.392 e. The second-order valence-electron chi connectivity index (χ2n) is 4.98. The molecule has 1 fully saturated rings. The van der Waals surface area contributed by atoms with Crippen LogP contribution in [0.1, 0.15) is 24.0 Å². The molecule has 1 atom stereocenters. The summed E-state index contributed by atoms with van der Waals surface area (Å²) >= 11 is 0. The first-order valence-electron chi connectivity index (χ1n) is 6.36. The summed E-state index contributed by atoms with van der Waals surface area (Å²) in [5, 5.41) is 9.43. The monoisotopic (exact) mass is 248 g/mol. The highest BCUT2D eigenvalue weighted by molar-refractivity contribution is 5.77. The zero-order chi connectivity index (χ0) is 13.1. The van der Waals surface area contributed by atoms with Crippen molar-refractivity contribution in [1.29, 1.82) is 0 Å². The number of aliphatic hydroxyl groups is 1. The van der Waals surface area contributed by atoms with Gasteiger partial charge in [-0.2, -0.15) is 0 Å². The van der Waals surface area contributed by atoms with Crippen LogP contribution >= 0.6 is 0 Å². The molecular formula is C14H20N2O2. The van der Waals surface area contributed by atoms with Crippen LogP contribution in [0.5, 0.6) is 0 Å². The Morgan fingerprint density at radius 2 is 2.33 bits per heavy atom. The average Bonchev–Trinajstić information content (AvgIpc) is 2.38. The zero-order valence-corrected chi connectivity index (χ0v) is 10.7. The molecule has 1 aromatic carbocycles. The number of rotatable bonds is 3. The highest BCUT2D eigenvalue weighted by Gasteiger charge is 2.25. The van der Waals surface area contributed by atoms with Gasteiger partial charge in [0.05, 0.1) is 12.5 Å². The van der Waals surface area contributed by atoms with E-state index in [1.54, 1.807) is 0 Å². The van der Waals surface area contributed by atoms with Crippen LogP contribution in [0, 0.1) is 12.8 Å². The molecule has 3 N–H and O–H groups in total. The Balaban J connectivity index is 2.22. The van der Waals surface area contributed by atoms with E-state index in [2.05, 4.69) is 4.90 Å². The Kier molecular flexibility index (Phi) is 3.87. The molecule has 1 unspecified atom stereocenters. The van der Waals surface area contributed by atoms with Gasteiger partial charge >= 0.3 is 0 Å². The molecule has 0 saturated carbocycles. The normalized spacial score (nSPS) is 19.9. The van der Waals surface area contributed by atoms with E-state index in [0.29, 0.717) is 6.54 Å². The first kappa shape index (κ1) is 12.9. The number of piperidine rings is 1. The SMILES string of the molecule is Cc1ccc(N2CCCC(C(N)=O)C2)c(CO)c1. The van der Waals surface area contributed by atoms with Gasteiger partial charge in [0.1, 0.15) is 0 Å². The van der Waals surface area contributed by atoms with Crippen LogP contribution in [0.15, 0.2) is 18.2 Å². The molecule has 2 rings (SSSR count). The Morgan fingerprint density at radius 1 is 1.56 bits per heavy atom. The van der Waals surface area contributed by atoms with E-state index in [1.165, 1.54) is 0 Å². The lowest BCUT2D eigenvalue weighted by molar-refractivity contribution is -0.122. The quantitative estimate of drug-likeness (QED) is 0.844. The van der Waals surface area contributed by atoms with E-state index < -0.39 is 0 Å². The molecule has 0 radical (unpaired) electrons. The van der Waals surface area contributed by atoms with Gasteiger partial charge in [-0.1, -0.05) is 17.7 Å². The Hall–Kier alpha value is -1.55. The number of anilines is 1. The molecule has 1 aromatic rings. The summed E-state index contributed by atoms with van der Waals surface area (Å²) in [5.41, 5.74) is 8.46. The minimum atomic E-state index is -0.225. The molecule has 0 aromatic heterocycles. The van der Waals surface area contributed by atoms with Crippen molar-refractivity contribution in [3.05, 3.63) is 29.3 Å². The van der Waals surface area contributed by atoms with Crippen LogP contribution < -0.4 is 10.6 Å². The predicted molar refractivity (Wildman–Crippen MR) is 71.2 cm³/mol. The molecule has 1 aliphatic rings. The van der Waals surface area contributed by atoms with E-state index in [1.807, 2.05) is 25.1 Å². The fraction of sp³-hybridized carbons (Fsp3) is 0.500. The first-order chi connectivity index (χ1) is 8.61. The third kappa shape index (κ3) is 2.64. The number of carbonyl (C=O) groups is 1. The van der Waals surface area contributed by atoms with Gasteiger partial charge in [-0.3, -0.25) is 4.79 Å². The fourth-order valence-corrected chi connectivity index (χ4v) is 2.58. The van der Waals surface area contributed by atoms with Crippen molar-refractivity contribution in [3.63, 3.8) is 0 Å². The fourth-order valence-electron chi connectivity index (χ4n) is 2.58. The van der Waals surface area contributed by atoms with Crippen molar-refractivity contribution in [2.24, 2.45) is 11.7 Å². The highest BCUT2D eigenvalue weighted by Crippen LogP contribution is 2.27. The minimum Gasteiger partial charge on any atom is -0.392 e. The maximum absolute atomic E-state index is 11.3. The van der Waals surface area contributed by atoms with Gasteiger partial charge in [0.2, 0.25) is 5.91 Å². The molecule has 0 spiro atoms.